The van der Waals surface area contributed by atoms with Crippen LogP contribution in [-0.2, 0) is 35.6 Å². The second-order valence-electron chi connectivity index (χ2n) is 9.33. The number of rotatable bonds is 16. The third-order valence-corrected chi connectivity index (χ3v) is 10.4. The number of fused-ring (bicyclic) bond motifs is 1. The molecule has 0 atom stereocenters. The molecule has 0 unspecified atom stereocenters. The summed E-state index contributed by atoms with van der Waals surface area (Å²) >= 11 is 2.82. The van der Waals surface area contributed by atoms with Gasteiger partial charge in [-0.3, -0.25) is 9.21 Å². The average Bonchev–Trinajstić information content (AvgIpc) is 3.78. The molecule has 0 aliphatic heterocycles. The number of benzene rings is 1. The molecular formula is C28H35F3N4O7S3. The minimum absolute atomic E-state index is 0.210. The lowest BCUT2D eigenvalue weighted by Crippen LogP contribution is -2.34. The van der Waals surface area contributed by atoms with Crippen molar-refractivity contribution in [2.45, 2.75) is 23.9 Å². The van der Waals surface area contributed by atoms with Gasteiger partial charge in [-0.1, -0.05) is 18.2 Å². The predicted molar refractivity (Wildman–Crippen MR) is 167 cm³/mol. The number of thiophene rings is 1. The number of sulfonamides is 1. The number of carbonyl (C=O) groups is 1. The molecule has 0 spiro atoms. The first kappa shape index (κ1) is 36.4. The van der Waals surface area contributed by atoms with E-state index in [4.69, 9.17) is 24.1 Å². The zero-order valence-corrected chi connectivity index (χ0v) is 27.3. The van der Waals surface area contributed by atoms with Crippen molar-refractivity contribution < 1.29 is 45.7 Å². The molecule has 1 aromatic carbocycles. The van der Waals surface area contributed by atoms with Crippen molar-refractivity contribution in [2.24, 2.45) is 0 Å². The largest absolute Gasteiger partial charge is 0.490 e. The summed E-state index contributed by atoms with van der Waals surface area (Å²) in [7, 11) is -0.347. The number of halogens is 3. The van der Waals surface area contributed by atoms with Crippen LogP contribution in [0.4, 0.5) is 18.9 Å². The van der Waals surface area contributed by atoms with E-state index in [1.54, 1.807) is 43.1 Å². The van der Waals surface area contributed by atoms with Gasteiger partial charge in [-0.2, -0.15) is 13.2 Å². The first-order valence-corrected chi connectivity index (χ1v) is 16.8. The van der Waals surface area contributed by atoms with E-state index in [1.165, 1.54) is 15.6 Å². The Kier molecular flexibility index (Phi) is 13.8. The van der Waals surface area contributed by atoms with Gasteiger partial charge in [0.15, 0.2) is 0 Å². The van der Waals surface area contributed by atoms with Crippen molar-refractivity contribution in [1.29, 1.82) is 0 Å². The van der Waals surface area contributed by atoms with E-state index >= 15 is 0 Å². The van der Waals surface area contributed by atoms with Crippen LogP contribution in [-0.4, -0.2) is 101 Å². The molecule has 0 fully saturated rings. The molecule has 0 bridgehead atoms. The fourth-order valence-corrected chi connectivity index (χ4v) is 7.57. The van der Waals surface area contributed by atoms with Gasteiger partial charge in [0, 0.05) is 56.9 Å². The zero-order chi connectivity index (χ0) is 33.0. The number of carboxylic acid groups (broad SMARTS) is 1. The summed E-state index contributed by atoms with van der Waals surface area (Å²) in [6.07, 6.45) is -3.19. The van der Waals surface area contributed by atoms with Crippen LogP contribution in [0, 0.1) is 0 Å². The Balaban J connectivity index is 0.000000707. The summed E-state index contributed by atoms with van der Waals surface area (Å²) in [6.45, 7) is 6.57. The Bertz CT molecular complexity index is 1580. The van der Waals surface area contributed by atoms with Crippen LogP contribution < -0.4 is 4.31 Å². The molecule has 0 saturated carbocycles. The predicted octanol–water partition coefficient (Wildman–Crippen LogP) is 5.31. The third-order valence-electron chi connectivity index (χ3n) is 6.21. The molecule has 0 amide bonds. The number of thiazole rings is 1. The van der Waals surface area contributed by atoms with Crippen LogP contribution in [0.2, 0.25) is 0 Å². The van der Waals surface area contributed by atoms with E-state index < -0.39 is 22.2 Å². The van der Waals surface area contributed by atoms with E-state index in [0.29, 0.717) is 36.3 Å². The monoisotopic (exact) mass is 692 g/mol. The summed E-state index contributed by atoms with van der Waals surface area (Å²) < 4.78 is 76.7. The minimum Gasteiger partial charge on any atom is -0.475 e. The Morgan fingerprint density at radius 2 is 1.76 bits per heavy atom. The summed E-state index contributed by atoms with van der Waals surface area (Å²) in [4.78, 5) is 20.4. The summed E-state index contributed by atoms with van der Waals surface area (Å²) in [5, 5.41) is 10.7. The Hall–Kier alpha value is -3.06. The van der Waals surface area contributed by atoms with Gasteiger partial charge in [-0.15, -0.1) is 22.7 Å². The number of aromatic nitrogens is 2. The summed E-state index contributed by atoms with van der Waals surface area (Å²) in [6, 6.07) is 11.1. The van der Waals surface area contributed by atoms with Crippen molar-refractivity contribution in [2.75, 3.05) is 64.6 Å². The maximum atomic E-state index is 13.6. The molecule has 0 saturated heterocycles. The highest BCUT2D eigenvalue weighted by atomic mass is 32.2. The van der Waals surface area contributed by atoms with Crippen molar-refractivity contribution in [1.82, 2.24) is 14.9 Å². The number of methoxy groups -OCH3 is 2. The first-order valence-electron chi connectivity index (χ1n) is 13.6. The average molecular weight is 693 g/mol. The molecule has 2 N–H and O–H groups in total. The number of carboxylic acids is 1. The number of H-pyrrole nitrogens is 1. The lowest BCUT2D eigenvalue weighted by Gasteiger charge is -2.24. The third kappa shape index (κ3) is 10.2. The van der Waals surface area contributed by atoms with Gasteiger partial charge in [-0.25, -0.2) is 18.2 Å². The molecule has 17 heteroatoms. The Morgan fingerprint density at radius 3 is 2.33 bits per heavy atom. The number of hydrogen-bond donors (Lipinski definition) is 2. The summed E-state index contributed by atoms with van der Waals surface area (Å²) in [5.41, 5.74) is 2.18. The minimum atomic E-state index is -5.08. The van der Waals surface area contributed by atoms with Crippen LogP contribution in [0.25, 0.3) is 21.6 Å². The van der Waals surface area contributed by atoms with Crippen molar-refractivity contribution in [3.8, 4) is 10.7 Å². The van der Waals surface area contributed by atoms with Gasteiger partial charge in [0.2, 0.25) is 0 Å². The van der Waals surface area contributed by atoms with E-state index in [9.17, 15) is 21.6 Å². The Morgan fingerprint density at radius 1 is 1.07 bits per heavy atom. The molecule has 11 nitrogen and oxygen atoms in total. The molecule has 4 aromatic rings. The van der Waals surface area contributed by atoms with Crippen LogP contribution in [0.5, 0.6) is 0 Å². The molecule has 3 heterocycles. The SMILES string of the molecule is CCOCCN(c1cccc2cc(-c3ncc(CN(CCOC)CCOC)s3)[nH]c12)S(=O)(=O)c1cccs1.O=C(O)C(F)(F)F. The standard InChI is InChI=1S/C26H34N4O5S3.C2HF3O2/c1-4-35-15-12-30(38(31,32)24-9-6-16-36-24)23-8-5-7-20-17-22(28-25(20)23)26-27-18-21(37-26)19-29(10-13-33-2)11-14-34-3;3-2(4,5)1(6)7/h5-9,16-18,28H,4,10-15,19H2,1-3H3;(H,6,7). The molecule has 248 valence electrons. The molecule has 4 rings (SSSR count). The fourth-order valence-electron chi connectivity index (χ4n) is 4.08. The smallest absolute Gasteiger partial charge is 0.475 e. The lowest BCUT2D eigenvalue weighted by atomic mass is 10.2. The second kappa shape index (κ2) is 17.0. The van der Waals surface area contributed by atoms with Crippen LogP contribution >= 0.6 is 22.7 Å². The molecular weight excluding hydrogens is 658 g/mol. The number of aromatic amines is 1. The number of nitrogens with zero attached hydrogens (tertiary/aromatic N) is 3. The Labute approximate surface area is 267 Å². The quantitative estimate of drug-likeness (QED) is 0.150. The number of alkyl halides is 3. The zero-order valence-electron chi connectivity index (χ0n) is 24.9. The number of hydrogen-bond acceptors (Lipinski definition) is 10. The van der Waals surface area contributed by atoms with Gasteiger partial charge in [0.1, 0.15) is 9.22 Å². The first-order chi connectivity index (χ1) is 21.4. The normalized spacial score (nSPS) is 12.0. The van der Waals surface area contributed by atoms with Gasteiger partial charge in [0.25, 0.3) is 10.0 Å². The number of ether oxygens (including phenoxy) is 3. The number of para-hydroxylation sites is 1. The molecule has 0 aliphatic rings. The highest BCUT2D eigenvalue weighted by Gasteiger charge is 2.38. The topological polar surface area (TPSA) is 134 Å². The van der Waals surface area contributed by atoms with E-state index in [2.05, 4.69) is 14.9 Å². The maximum absolute atomic E-state index is 13.6. The lowest BCUT2D eigenvalue weighted by molar-refractivity contribution is -0.192. The molecule has 3 aromatic heterocycles. The van der Waals surface area contributed by atoms with Crippen molar-refractivity contribution in [3.63, 3.8) is 0 Å². The number of nitrogens with one attached hydrogen (secondary N) is 1. The van der Waals surface area contributed by atoms with Crippen molar-refractivity contribution in [3.05, 3.63) is 52.9 Å². The molecule has 0 aliphatic carbocycles. The van der Waals surface area contributed by atoms with E-state index in [1.807, 2.05) is 37.4 Å². The molecule has 45 heavy (non-hydrogen) atoms. The number of aliphatic carboxylic acids is 1. The van der Waals surface area contributed by atoms with Gasteiger partial charge in [-0.05, 0) is 30.5 Å². The molecule has 0 radical (unpaired) electrons. The van der Waals surface area contributed by atoms with Crippen LogP contribution in [0.3, 0.4) is 0 Å². The van der Waals surface area contributed by atoms with E-state index in [-0.39, 0.29) is 6.54 Å². The van der Waals surface area contributed by atoms with Gasteiger partial charge >= 0.3 is 12.1 Å². The maximum Gasteiger partial charge on any atom is 0.490 e. The van der Waals surface area contributed by atoms with Crippen molar-refractivity contribution >= 4 is 55.3 Å². The van der Waals surface area contributed by atoms with Gasteiger partial charge < -0.3 is 24.3 Å². The van der Waals surface area contributed by atoms with E-state index in [0.717, 1.165) is 46.1 Å². The van der Waals surface area contributed by atoms with Crippen LogP contribution in [0.1, 0.15) is 11.8 Å². The summed E-state index contributed by atoms with van der Waals surface area (Å²) in [5.74, 6) is -2.76. The fraction of sp³-hybridized carbons (Fsp3) is 0.429. The highest BCUT2D eigenvalue weighted by molar-refractivity contribution is 7.94. The second-order valence-corrected chi connectivity index (χ2v) is 13.5. The van der Waals surface area contributed by atoms with Gasteiger partial charge in [0.05, 0.1) is 43.3 Å². The van der Waals surface area contributed by atoms with Crippen LogP contribution in [0.15, 0.2) is 52.2 Å². The number of anilines is 1. The highest BCUT2D eigenvalue weighted by Crippen LogP contribution is 2.35.